The molecule has 0 bridgehead atoms. The maximum atomic E-state index is 11.7. The van der Waals surface area contributed by atoms with E-state index in [0.717, 1.165) is 12.8 Å². The first-order valence-corrected chi connectivity index (χ1v) is 7.59. The number of nitrogens with one attached hydrogen (secondary N) is 1. The fraction of sp³-hybridized carbons (Fsp3) is 0.867. The monoisotopic (exact) mass is 286 g/mol. The molecule has 5 heteroatoms. The standard InChI is InChI=1S/C15H30N2O3/c1-4-12(10-16)9-14(18)17-8-7-13(11(2)3)5-6-15(19)20/h11-13H,4-10,16H2,1-3H3,(H,17,18)(H,19,20). The van der Waals surface area contributed by atoms with Crippen LogP contribution in [0.1, 0.15) is 52.9 Å². The summed E-state index contributed by atoms with van der Waals surface area (Å²) in [6.07, 6.45) is 3.09. The molecule has 2 unspecified atom stereocenters. The number of carbonyl (C=O) groups excluding carboxylic acids is 1. The SMILES string of the molecule is CCC(CN)CC(=O)NCCC(CCC(=O)O)C(C)C. The summed E-state index contributed by atoms with van der Waals surface area (Å²) in [5.74, 6) is 0.306. The molecular formula is C15H30N2O3. The van der Waals surface area contributed by atoms with Gasteiger partial charge in [-0.1, -0.05) is 27.2 Å². The van der Waals surface area contributed by atoms with Crippen molar-refractivity contribution >= 4 is 11.9 Å². The van der Waals surface area contributed by atoms with Gasteiger partial charge in [0.25, 0.3) is 0 Å². The Morgan fingerprint density at radius 3 is 2.35 bits per heavy atom. The molecule has 0 heterocycles. The van der Waals surface area contributed by atoms with Gasteiger partial charge in [0, 0.05) is 19.4 Å². The Morgan fingerprint density at radius 1 is 1.25 bits per heavy atom. The number of aliphatic carboxylic acids is 1. The summed E-state index contributed by atoms with van der Waals surface area (Å²) >= 11 is 0. The van der Waals surface area contributed by atoms with Crippen molar-refractivity contribution in [3.63, 3.8) is 0 Å². The van der Waals surface area contributed by atoms with Crippen molar-refractivity contribution in [3.8, 4) is 0 Å². The summed E-state index contributed by atoms with van der Waals surface area (Å²) in [7, 11) is 0. The molecule has 0 aliphatic carbocycles. The molecule has 0 rings (SSSR count). The summed E-state index contributed by atoms with van der Waals surface area (Å²) in [5.41, 5.74) is 5.58. The molecule has 0 aromatic heterocycles. The fourth-order valence-electron chi connectivity index (χ4n) is 2.25. The fourth-order valence-corrected chi connectivity index (χ4v) is 2.25. The third-order valence-electron chi connectivity index (χ3n) is 3.89. The minimum atomic E-state index is -0.756. The van der Waals surface area contributed by atoms with Gasteiger partial charge in [0.05, 0.1) is 0 Å². The number of rotatable bonds is 11. The van der Waals surface area contributed by atoms with Crippen LogP contribution in [0.3, 0.4) is 0 Å². The van der Waals surface area contributed by atoms with Crippen LogP contribution in [-0.4, -0.2) is 30.1 Å². The average molecular weight is 286 g/mol. The van der Waals surface area contributed by atoms with Crippen molar-refractivity contribution in [2.75, 3.05) is 13.1 Å². The van der Waals surface area contributed by atoms with Crippen molar-refractivity contribution in [1.29, 1.82) is 0 Å². The lowest BCUT2D eigenvalue weighted by atomic mass is 9.88. The summed E-state index contributed by atoms with van der Waals surface area (Å²) in [6.45, 7) is 7.37. The zero-order valence-electron chi connectivity index (χ0n) is 13.0. The highest BCUT2D eigenvalue weighted by molar-refractivity contribution is 5.76. The van der Waals surface area contributed by atoms with Crippen molar-refractivity contribution in [2.45, 2.75) is 52.9 Å². The van der Waals surface area contributed by atoms with Gasteiger partial charge < -0.3 is 16.2 Å². The average Bonchev–Trinajstić information content (AvgIpc) is 2.39. The molecule has 0 saturated carbocycles. The lowest BCUT2D eigenvalue weighted by molar-refractivity contribution is -0.137. The van der Waals surface area contributed by atoms with Crippen LogP contribution < -0.4 is 11.1 Å². The van der Waals surface area contributed by atoms with E-state index >= 15 is 0 Å². The van der Waals surface area contributed by atoms with Gasteiger partial charge in [-0.15, -0.1) is 0 Å². The van der Waals surface area contributed by atoms with Gasteiger partial charge in [0.1, 0.15) is 0 Å². The van der Waals surface area contributed by atoms with E-state index < -0.39 is 5.97 Å². The van der Waals surface area contributed by atoms with E-state index in [-0.39, 0.29) is 18.2 Å². The lowest BCUT2D eigenvalue weighted by Crippen LogP contribution is -2.30. The third-order valence-corrected chi connectivity index (χ3v) is 3.89. The predicted molar refractivity (Wildman–Crippen MR) is 80.3 cm³/mol. The highest BCUT2D eigenvalue weighted by atomic mass is 16.4. The zero-order valence-corrected chi connectivity index (χ0v) is 13.0. The molecule has 4 N–H and O–H groups in total. The maximum absolute atomic E-state index is 11.7. The van der Waals surface area contributed by atoms with Crippen LogP contribution in [-0.2, 0) is 9.59 Å². The van der Waals surface area contributed by atoms with Crippen molar-refractivity contribution in [3.05, 3.63) is 0 Å². The van der Waals surface area contributed by atoms with Gasteiger partial charge in [-0.25, -0.2) is 0 Å². The Hall–Kier alpha value is -1.10. The van der Waals surface area contributed by atoms with Crippen LogP contribution in [0.25, 0.3) is 0 Å². The van der Waals surface area contributed by atoms with Gasteiger partial charge in [0.2, 0.25) is 5.91 Å². The van der Waals surface area contributed by atoms with Crippen molar-refractivity contribution in [2.24, 2.45) is 23.5 Å². The molecule has 1 amide bonds. The maximum Gasteiger partial charge on any atom is 0.303 e. The van der Waals surface area contributed by atoms with E-state index in [0.29, 0.717) is 37.8 Å². The van der Waals surface area contributed by atoms with E-state index in [2.05, 4.69) is 19.2 Å². The molecule has 5 nitrogen and oxygen atoms in total. The number of carboxylic acids is 1. The second kappa shape index (κ2) is 10.7. The summed E-state index contributed by atoms with van der Waals surface area (Å²) in [5, 5.41) is 11.6. The number of carbonyl (C=O) groups is 2. The highest BCUT2D eigenvalue weighted by Gasteiger charge is 2.16. The largest absolute Gasteiger partial charge is 0.481 e. The minimum absolute atomic E-state index is 0.0445. The van der Waals surface area contributed by atoms with Gasteiger partial charge >= 0.3 is 5.97 Å². The van der Waals surface area contributed by atoms with Gasteiger partial charge in [-0.05, 0) is 37.1 Å². The van der Waals surface area contributed by atoms with Crippen LogP contribution in [0.5, 0.6) is 0 Å². The molecule has 2 atom stereocenters. The van der Waals surface area contributed by atoms with Crippen LogP contribution in [0.4, 0.5) is 0 Å². The van der Waals surface area contributed by atoms with Crippen molar-refractivity contribution in [1.82, 2.24) is 5.32 Å². The van der Waals surface area contributed by atoms with Crippen LogP contribution in [0, 0.1) is 17.8 Å². The molecule has 0 fully saturated rings. The number of hydrogen-bond donors (Lipinski definition) is 3. The summed E-state index contributed by atoms with van der Waals surface area (Å²) in [6, 6.07) is 0. The number of nitrogens with two attached hydrogens (primary N) is 1. The summed E-state index contributed by atoms with van der Waals surface area (Å²) in [4.78, 5) is 22.3. The number of carboxylic acid groups (broad SMARTS) is 1. The molecule has 20 heavy (non-hydrogen) atoms. The third kappa shape index (κ3) is 8.91. The van der Waals surface area contributed by atoms with Gasteiger partial charge in [-0.3, -0.25) is 9.59 Å². The van der Waals surface area contributed by atoms with Gasteiger partial charge in [0.15, 0.2) is 0 Å². The van der Waals surface area contributed by atoms with Crippen LogP contribution in [0.2, 0.25) is 0 Å². The highest BCUT2D eigenvalue weighted by Crippen LogP contribution is 2.20. The van der Waals surface area contributed by atoms with E-state index in [1.807, 2.05) is 6.92 Å². The molecular weight excluding hydrogens is 256 g/mol. The van der Waals surface area contributed by atoms with Crippen LogP contribution in [0.15, 0.2) is 0 Å². The smallest absolute Gasteiger partial charge is 0.303 e. The first-order valence-electron chi connectivity index (χ1n) is 7.59. The van der Waals surface area contributed by atoms with E-state index in [1.54, 1.807) is 0 Å². The van der Waals surface area contributed by atoms with Crippen molar-refractivity contribution < 1.29 is 14.7 Å². The molecule has 0 spiro atoms. The topological polar surface area (TPSA) is 92.4 Å². The molecule has 0 aromatic carbocycles. The molecule has 0 saturated heterocycles. The van der Waals surface area contributed by atoms with E-state index in [9.17, 15) is 9.59 Å². The van der Waals surface area contributed by atoms with Crippen LogP contribution >= 0.6 is 0 Å². The first kappa shape index (κ1) is 18.9. The Balaban J connectivity index is 3.98. The Labute approximate surface area is 122 Å². The predicted octanol–water partition coefficient (Wildman–Crippen LogP) is 2.00. The molecule has 0 radical (unpaired) electrons. The quantitative estimate of drug-likeness (QED) is 0.541. The molecule has 0 aliphatic heterocycles. The summed E-state index contributed by atoms with van der Waals surface area (Å²) < 4.78 is 0. The molecule has 0 aromatic rings. The van der Waals surface area contributed by atoms with Gasteiger partial charge in [-0.2, -0.15) is 0 Å². The Morgan fingerprint density at radius 2 is 1.90 bits per heavy atom. The molecule has 0 aliphatic rings. The Bertz CT molecular complexity index is 289. The Kier molecular flexibility index (Phi) is 10.1. The number of amides is 1. The normalized spacial score (nSPS) is 14.1. The first-order chi connectivity index (χ1) is 9.40. The van der Waals surface area contributed by atoms with E-state index in [1.165, 1.54) is 0 Å². The minimum Gasteiger partial charge on any atom is -0.481 e. The second-order valence-electron chi connectivity index (χ2n) is 5.79. The lowest BCUT2D eigenvalue weighted by Gasteiger charge is -2.20. The second-order valence-corrected chi connectivity index (χ2v) is 5.79. The zero-order chi connectivity index (χ0) is 15.5. The number of hydrogen-bond acceptors (Lipinski definition) is 3. The molecule has 118 valence electrons. The van der Waals surface area contributed by atoms with E-state index in [4.69, 9.17) is 10.8 Å².